The number of hydrogen-bond acceptors (Lipinski definition) is 2. The van der Waals surface area contributed by atoms with Gasteiger partial charge in [-0.2, -0.15) is 0 Å². The van der Waals surface area contributed by atoms with Crippen LogP contribution < -0.4 is 0 Å². The second kappa shape index (κ2) is 6.52. The molecule has 0 aromatic rings. The molecule has 0 atom stereocenters. The number of carbonyl (C=O) groups excluding carboxylic acids is 2. The van der Waals surface area contributed by atoms with Crippen molar-refractivity contribution in [1.82, 2.24) is 0 Å². The lowest BCUT2D eigenvalue weighted by Gasteiger charge is -2.07. The Labute approximate surface area is 86.4 Å². The number of carbonyl (C=O) groups is 2. The van der Waals surface area contributed by atoms with Crippen molar-refractivity contribution < 1.29 is 9.59 Å². The molecular weight excluding hydrogens is 176 g/mol. The molecule has 0 unspecified atom stereocenters. The third kappa shape index (κ3) is 4.95. The molecule has 0 aromatic heterocycles. The van der Waals surface area contributed by atoms with Crippen LogP contribution in [0, 0.1) is 5.92 Å². The number of hydrogen-bond donors (Lipinski definition) is 0. The summed E-state index contributed by atoms with van der Waals surface area (Å²) >= 11 is 0. The zero-order valence-corrected chi connectivity index (χ0v) is 9.59. The Morgan fingerprint density at radius 2 is 1.71 bits per heavy atom. The van der Waals surface area contributed by atoms with E-state index in [0.717, 1.165) is 0 Å². The highest BCUT2D eigenvalue weighted by atomic mass is 16.1. The fourth-order valence-corrected chi connectivity index (χ4v) is 1.22. The topological polar surface area (TPSA) is 34.1 Å². The highest BCUT2D eigenvalue weighted by Crippen LogP contribution is 2.13. The zero-order valence-electron chi connectivity index (χ0n) is 9.59. The molecule has 0 amide bonds. The number of allylic oxidation sites excluding steroid dienone is 2. The lowest BCUT2D eigenvalue weighted by molar-refractivity contribution is -0.117. The fourth-order valence-electron chi connectivity index (χ4n) is 1.22. The molecule has 0 rings (SSSR count). The highest BCUT2D eigenvalue weighted by Gasteiger charge is 2.10. The van der Waals surface area contributed by atoms with Crippen LogP contribution in [0.2, 0.25) is 0 Å². The van der Waals surface area contributed by atoms with Gasteiger partial charge in [0, 0.05) is 12.8 Å². The molecular formula is C12H20O2. The van der Waals surface area contributed by atoms with Gasteiger partial charge < -0.3 is 0 Å². The van der Waals surface area contributed by atoms with Crippen molar-refractivity contribution in [3.05, 3.63) is 11.6 Å². The molecule has 80 valence electrons. The van der Waals surface area contributed by atoms with E-state index in [0.29, 0.717) is 30.8 Å². The Morgan fingerprint density at radius 3 is 2.07 bits per heavy atom. The van der Waals surface area contributed by atoms with Crippen molar-refractivity contribution >= 4 is 11.6 Å². The molecule has 0 aliphatic heterocycles. The van der Waals surface area contributed by atoms with E-state index in [-0.39, 0.29) is 11.6 Å². The molecule has 0 aromatic carbocycles. The van der Waals surface area contributed by atoms with Gasteiger partial charge in [-0.25, -0.2) is 0 Å². The summed E-state index contributed by atoms with van der Waals surface area (Å²) < 4.78 is 0. The predicted molar refractivity (Wildman–Crippen MR) is 58.1 cm³/mol. The second-order valence-electron chi connectivity index (χ2n) is 3.86. The monoisotopic (exact) mass is 196 g/mol. The van der Waals surface area contributed by atoms with Crippen LogP contribution in [-0.4, -0.2) is 11.6 Å². The first-order valence-electron chi connectivity index (χ1n) is 5.27. The van der Waals surface area contributed by atoms with E-state index >= 15 is 0 Å². The highest BCUT2D eigenvalue weighted by molar-refractivity contribution is 6.02. The van der Waals surface area contributed by atoms with Crippen molar-refractivity contribution in [1.29, 1.82) is 0 Å². The molecule has 2 nitrogen and oxygen atoms in total. The average Bonchev–Trinajstić information content (AvgIpc) is 2.14. The summed E-state index contributed by atoms with van der Waals surface area (Å²) in [6, 6.07) is 0. The summed E-state index contributed by atoms with van der Waals surface area (Å²) in [7, 11) is 0. The third-order valence-electron chi connectivity index (χ3n) is 1.99. The molecule has 0 aliphatic rings. The molecule has 14 heavy (non-hydrogen) atoms. The van der Waals surface area contributed by atoms with Crippen LogP contribution in [0.1, 0.15) is 47.0 Å². The van der Waals surface area contributed by atoms with Crippen LogP contribution in [0.3, 0.4) is 0 Å². The molecule has 0 spiro atoms. The molecule has 0 N–H and O–H groups in total. The summed E-state index contributed by atoms with van der Waals surface area (Å²) in [5.74, 6) is 0.560. The molecule has 0 fully saturated rings. The van der Waals surface area contributed by atoms with Crippen molar-refractivity contribution in [2.24, 2.45) is 5.92 Å². The SMILES string of the molecule is CCC(=O)C=C(CC(C)C)C(=O)CC. The minimum Gasteiger partial charge on any atom is -0.295 e. The van der Waals surface area contributed by atoms with Crippen molar-refractivity contribution in [3.8, 4) is 0 Å². The van der Waals surface area contributed by atoms with Gasteiger partial charge in [0.15, 0.2) is 11.6 Å². The predicted octanol–water partition coefficient (Wildman–Crippen LogP) is 2.92. The van der Waals surface area contributed by atoms with Crippen molar-refractivity contribution in [2.75, 3.05) is 0 Å². The summed E-state index contributed by atoms with van der Waals surface area (Å²) in [6.45, 7) is 7.73. The Hall–Kier alpha value is -0.920. The van der Waals surface area contributed by atoms with Crippen LogP contribution in [0.25, 0.3) is 0 Å². The molecule has 2 heteroatoms. The van der Waals surface area contributed by atoms with Gasteiger partial charge in [-0.1, -0.05) is 27.7 Å². The summed E-state index contributed by atoms with van der Waals surface area (Å²) in [5, 5.41) is 0. The lowest BCUT2D eigenvalue weighted by Crippen LogP contribution is -2.06. The smallest absolute Gasteiger partial charge is 0.158 e. The summed E-state index contributed by atoms with van der Waals surface area (Å²) in [5.41, 5.74) is 0.689. The molecule has 0 aliphatic carbocycles. The van der Waals surface area contributed by atoms with Gasteiger partial charge in [0.1, 0.15) is 0 Å². The molecule has 0 saturated heterocycles. The quantitative estimate of drug-likeness (QED) is 0.612. The van der Waals surface area contributed by atoms with Gasteiger partial charge in [-0.05, 0) is 24.0 Å². The maximum absolute atomic E-state index is 11.5. The number of Topliss-reactive ketones (excluding diaryl/α,β-unsaturated/α-hetero) is 1. The van der Waals surface area contributed by atoms with Crippen LogP contribution in [0.15, 0.2) is 11.6 Å². The van der Waals surface area contributed by atoms with Crippen LogP contribution in [-0.2, 0) is 9.59 Å². The maximum Gasteiger partial charge on any atom is 0.158 e. The van der Waals surface area contributed by atoms with Crippen LogP contribution >= 0.6 is 0 Å². The van der Waals surface area contributed by atoms with Crippen LogP contribution in [0.5, 0.6) is 0 Å². The van der Waals surface area contributed by atoms with E-state index < -0.39 is 0 Å². The van der Waals surface area contributed by atoms with Gasteiger partial charge in [0.2, 0.25) is 0 Å². The van der Waals surface area contributed by atoms with Crippen molar-refractivity contribution in [3.63, 3.8) is 0 Å². The van der Waals surface area contributed by atoms with Gasteiger partial charge in [0.25, 0.3) is 0 Å². The van der Waals surface area contributed by atoms with Gasteiger partial charge in [0.05, 0.1) is 0 Å². The molecule has 0 saturated carbocycles. The Morgan fingerprint density at radius 1 is 1.14 bits per heavy atom. The first-order chi connectivity index (χ1) is 6.51. The van der Waals surface area contributed by atoms with Gasteiger partial charge >= 0.3 is 0 Å². The number of rotatable bonds is 6. The van der Waals surface area contributed by atoms with E-state index in [1.54, 1.807) is 0 Å². The van der Waals surface area contributed by atoms with E-state index in [2.05, 4.69) is 0 Å². The standard InChI is InChI=1S/C12H20O2/c1-5-11(13)8-10(7-9(3)4)12(14)6-2/h8-9H,5-7H2,1-4H3. The first-order valence-corrected chi connectivity index (χ1v) is 5.27. The van der Waals surface area contributed by atoms with Crippen LogP contribution in [0.4, 0.5) is 0 Å². The first kappa shape index (κ1) is 13.1. The van der Waals surface area contributed by atoms with E-state index in [9.17, 15) is 9.59 Å². The fraction of sp³-hybridized carbons (Fsp3) is 0.667. The van der Waals surface area contributed by atoms with Crippen molar-refractivity contribution in [2.45, 2.75) is 47.0 Å². The average molecular weight is 196 g/mol. The number of ketones is 2. The largest absolute Gasteiger partial charge is 0.295 e. The normalized spacial score (nSPS) is 11.9. The minimum atomic E-state index is 0.0439. The van der Waals surface area contributed by atoms with E-state index in [1.165, 1.54) is 6.08 Å². The lowest BCUT2D eigenvalue weighted by atomic mass is 9.97. The summed E-state index contributed by atoms with van der Waals surface area (Å²) in [4.78, 5) is 22.7. The Bertz CT molecular complexity index is 237. The second-order valence-corrected chi connectivity index (χ2v) is 3.86. The Kier molecular flexibility index (Phi) is 6.09. The molecule has 0 bridgehead atoms. The van der Waals surface area contributed by atoms with E-state index in [4.69, 9.17) is 0 Å². The molecule has 0 heterocycles. The van der Waals surface area contributed by atoms with Gasteiger partial charge in [-0.15, -0.1) is 0 Å². The Balaban J connectivity index is 4.62. The van der Waals surface area contributed by atoms with Gasteiger partial charge in [-0.3, -0.25) is 9.59 Å². The summed E-state index contributed by atoms with van der Waals surface area (Å²) in [6.07, 6.45) is 3.18. The maximum atomic E-state index is 11.5. The van der Waals surface area contributed by atoms with E-state index in [1.807, 2.05) is 27.7 Å². The minimum absolute atomic E-state index is 0.0439. The zero-order chi connectivity index (χ0) is 11.1. The third-order valence-corrected chi connectivity index (χ3v) is 1.99. The molecule has 0 radical (unpaired) electrons.